The standard InChI is InChI=1S/C11H9BrN4O2S/c1-19-11-13-6-9(16(17)18)10(15-11)14-8-4-2-3-7(12)5-8/h2-6H,1H3,(H,13,14,15). The Kier molecular flexibility index (Phi) is 4.33. The Morgan fingerprint density at radius 3 is 2.89 bits per heavy atom. The topological polar surface area (TPSA) is 81.0 Å². The van der Waals surface area contributed by atoms with Crippen LogP contribution in [0.5, 0.6) is 0 Å². The minimum atomic E-state index is -0.509. The number of halogens is 1. The van der Waals surface area contributed by atoms with Crippen LogP contribution in [0.25, 0.3) is 0 Å². The molecule has 19 heavy (non-hydrogen) atoms. The second kappa shape index (κ2) is 5.98. The second-order valence-electron chi connectivity index (χ2n) is 3.48. The van der Waals surface area contributed by atoms with E-state index in [1.54, 1.807) is 6.07 Å². The Hall–Kier alpha value is -1.67. The molecule has 1 N–H and O–H groups in total. The highest BCUT2D eigenvalue weighted by Gasteiger charge is 2.17. The van der Waals surface area contributed by atoms with Crippen molar-refractivity contribution >= 4 is 44.9 Å². The molecule has 0 bridgehead atoms. The lowest BCUT2D eigenvalue weighted by atomic mass is 10.3. The van der Waals surface area contributed by atoms with Gasteiger partial charge in [-0.25, -0.2) is 4.98 Å². The van der Waals surface area contributed by atoms with Gasteiger partial charge in [0.1, 0.15) is 6.20 Å². The van der Waals surface area contributed by atoms with Crippen LogP contribution in [0.4, 0.5) is 17.2 Å². The molecule has 0 atom stereocenters. The third-order valence-electron chi connectivity index (χ3n) is 2.21. The number of thioether (sulfide) groups is 1. The Morgan fingerprint density at radius 2 is 2.26 bits per heavy atom. The van der Waals surface area contributed by atoms with Crippen molar-refractivity contribution in [1.29, 1.82) is 0 Å². The van der Waals surface area contributed by atoms with E-state index < -0.39 is 4.92 Å². The van der Waals surface area contributed by atoms with Crippen LogP contribution in [0, 0.1) is 10.1 Å². The first-order valence-electron chi connectivity index (χ1n) is 5.18. The van der Waals surface area contributed by atoms with Crippen molar-refractivity contribution in [1.82, 2.24) is 9.97 Å². The van der Waals surface area contributed by atoms with E-state index in [0.717, 1.165) is 4.47 Å². The third-order valence-corrected chi connectivity index (χ3v) is 3.27. The zero-order valence-corrected chi connectivity index (χ0v) is 12.2. The molecule has 8 heteroatoms. The molecule has 0 amide bonds. The van der Waals surface area contributed by atoms with Gasteiger partial charge in [-0.3, -0.25) is 10.1 Å². The predicted octanol–water partition coefficient (Wildman–Crippen LogP) is 3.61. The summed E-state index contributed by atoms with van der Waals surface area (Å²) in [6.45, 7) is 0. The van der Waals surface area contributed by atoms with Gasteiger partial charge in [-0.05, 0) is 24.5 Å². The van der Waals surface area contributed by atoms with Crippen LogP contribution in [0.1, 0.15) is 0 Å². The van der Waals surface area contributed by atoms with Crippen LogP contribution in [0.15, 0.2) is 40.1 Å². The summed E-state index contributed by atoms with van der Waals surface area (Å²) in [4.78, 5) is 18.5. The van der Waals surface area contributed by atoms with Crippen molar-refractivity contribution in [2.45, 2.75) is 5.16 Å². The lowest BCUT2D eigenvalue weighted by Gasteiger charge is -2.07. The van der Waals surface area contributed by atoms with Crippen LogP contribution in [0.2, 0.25) is 0 Å². The molecule has 1 aromatic carbocycles. The molecule has 6 nitrogen and oxygen atoms in total. The van der Waals surface area contributed by atoms with Gasteiger partial charge in [0.25, 0.3) is 0 Å². The quantitative estimate of drug-likeness (QED) is 0.396. The van der Waals surface area contributed by atoms with Gasteiger partial charge in [-0.15, -0.1) is 0 Å². The maximum atomic E-state index is 10.9. The summed E-state index contributed by atoms with van der Waals surface area (Å²) in [5.74, 6) is 0.183. The van der Waals surface area contributed by atoms with Gasteiger partial charge in [0.05, 0.1) is 4.92 Å². The summed E-state index contributed by atoms with van der Waals surface area (Å²) < 4.78 is 0.874. The molecule has 0 spiro atoms. The average Bonchev–Trinajstić information content (AvgIpc) is 2.38. The van der Waals surface area contributed by atoms with Crippen LogP contribution < -0.4 is 5.32 Å². The zero-order chi connectivity index (χ0) is 13.8. The van der Waals surface area contributed by atoms with Gasteiger partial charge in [0.15, 0.2) is 5.16 Å². The van der Waals surface area contributed by atoms with E-state index in [9.17, 15) is 10.1 Å². The Labute approximate surface area is 121 Å². The van der Waals surface area contributed by atoms with Crippen LogP contribution in [-0.4, -0.2) is 21.1 Å². The largest absolute Gasteiger partial charge is 0.334 e. The molecule has 1 heterocycles. The first kappa shape index (κ1) is 13.8. The monoisotopic (exact) mass is 340 g/mol. The summed E-state index contributed by atoms with van der Waals surface area (Å²) >= 11 is 4.66. The number of hydrogen-bond acceptors (Lipinski definition) is 6. The zero-order valence-electron chi connectivity index (χ0n) is 9.83. The Morgan fingerprint density at radius 1 is 1.47 bits per heavy atom. The second-order valence-corrected chi connectivity index (χ2v) is 5.17. The number of aromatic nitrogens is 2. The number of rotatable bonds is 4. The lowest BCUT2D eigenvalue weighted by molar-refractivity contribution is -0.384. The molecule has 0 radical (unpaired) electrons. The highest BCUT2D eigenvalue weighted by atomic mass is 79.9. The minimum absolute atomic E-state index is 0.155. The highest BCUT2D eigenvalue weighted by molar-refractivity contribution is 9.10. The Balaban J connectivity index is 2.39. The summed E-state index contributed by atoms with van der Waals surface area (Å²) in [5, 5.41) is 14.4. The number of nitrogens with zero attached hydrogens (tertiary/aromatic N) is 3. The van der Waals surface area contributed by atoms with Gasteiger partial charge >= 0.3 is 5.69 Å². The summed E-state index contributed by atoms with van der Waals surface area (Å²) in [6.07, 6.45) is 3.02. The maximum absolute atomic E-state index is 10.9. The fourth-order valence-electron chi connectivity index (χ4n) is 1.39. The van der Waals surface area contributed by atoms with E-state index >= 15 is 0 Å². The van der Waals surface area contributed by atoms with Gasteiger partial charge in [0.2, 0.25) is 5.82 Å². The van der Waals surface area contributed by atoms with Crippen molar-refractivity contribution in [3.8, 4) is 0 Å². The predicted molar refractivity (Wildman–Crippen MR) is 77.9 cm³/mol. The molecule has 0 aliphatic heterocycles. The third kappa shape index (κ3) is 3.42. The summed E-state index contributed by atoms with van der Waals surface area (Å²) in [7, 11) is 0. The van der Waals surface area contributed by atoms with E-state index in [1.165, 1.54) is 18.0 Å². The lowest BCUT2D eigenvalue weighted by Crippen LogP contribution is -2.02. The highest BCUT2D eigenvalue weighted by Crippen LogP contribution is 2.27. The molecule has 98 valence electrons. The molecule has 0 aliphatic rings. The van der Waals surface area contributed by atoms with E-state index in [1.807, 2.05) is 24.5 Å². The Bertz CT molecular complexity index is 623. The van der Waals surface area contributed by atoms with Gasteiger partial charge < -0.3 is 5.32 Å². The molecule has 2 aromatic rings. The van der Waals surface area contributed by atoms with Crippen LogP contribution in [-0.2, 0) is 0 Å². The van der Waals surface area contributed by atoms with E-state index in [2.05, 4.69) is 31.2 Å². The van der Waals surface area contributed by atoms with Crippen molar-refractivity contribution in [3.63, 3.8) is 0 Å². The van der Waals surface area contributed by atoms with Crippen LogP contribution in [0.3, 0.4) is 0 Å². The molecule has 0 aliphatic carbocycles. The first-order chi connectivity index (χ1) is 9.10. The molecule has 2 rings (SSSR count). The molecular weight excluding hydrogens is 332 g/mol. The fraction of sp³-hybridized carbons (Fsp3) is 0.0909. The van der Waals surface area contributed by atoms with Crippen molar-refractivity contribution in [2.24, 2.45) is 0 Å². The number of anilines is 2. The van der Waals surface area contributed by atoms with Gasteiger partial charge in [0, 0.05) is 10.2 Å². The number of benzene rings is 1. The molecule has 0 fully saturated rings. The van der Waals surface area contributed by atoms with E-state index in [4.69, 9.17) is 0 Å². The number of nitrogens with one attached hydrogen (secondary N) is 1. The van der Waals surface area contributed by atoms with E-state index in [0.29, 0.717) is 10.8 Å². The first-order valence-corrected chi connectivity index (χ1v) is 7.20. The summed E-state index contributed by atoms with van der Waals surface area (Å²) in [5.41, 5.74) is 0.556. The van der Waals surface area contributed by atoms with E-state index in [-0.39, 0.29) is 11.5 Å². The number of hydrogen-bond donors (Lipinski definition) is 1. The van der Waals surface area contributed by atoms with Gasteiger partial charge in [-0.1, -0.05) is 33.8 Å². The van der Waals surface area contributed by atoms with Crippen LogP contribution >= 0.6 is 27.7 Å². The molecule has 1 aromatic heterocycles. The average molecular weight is 341 g/mol. The van der Waals surface area contributed by atoms with Crippen molar-refractivity contribution in [3.05, 3.63) is 45.0 Å². The van der Waals surface area contributed by atoms with Crippen molar-refractivity contribution < 1.29 is 4.92 Å². The maximum Gasteiger partial charge on any atom is 0.329 e. The van der Waals surface area contributed by atoms with Crippen molar-refractivity contribution in [2.75, 3.05) is 11.6 Å². The number of nitro groups is 1. The smallest absolute Gasteiger partial charge is 0.329 e. The molecular formula is C11H9BrN4O2S. The normalized spacial score (nSPS) is 10.2. The summed E-state index contributed by atoms with van der Waals surface area (Å²) in [6, 6.07) is 7.31. The molecule has 0 unspecified atom stereocenters. The fourth-order valence-corrected chi connectivity index (χ4v) is 2.13. The molecule has 0 saturated carbocycles. The van der Waals surface area contributed by atoms with Gasteiger partial charge in [-0.2, -0.15) is 4.98 Å². The SMILES string of the molecule is CSc1ncc([N+](=O)[O-])c(Nc2cccc(Br)c2)n1. The molecule has 0 saturated heterocycles. The minimum Gasteiger partial charge on any atom is -0.334 e.